The van der Waals surface area contributed by atoms with Crippen molar-refractivity contribution in [2.24, 2.45) is 0 Å². The fourth-order valence-electron chi connectivity index (χ4n) is 1.61. The summed E-state index contributed by atoms with van der Waals surface area (Å²) in [6.07, 6.45) is 2.04. The summed E-state index contributed by atoms with van der Waals surface area (Å²) in [6, 6.07) is 4.22. The molecule has 1 heterocycles. The van der Waals surface area contributed by atoms with Crippen LogP contribution in [-0.4, -0.2) is 38.7 Å². The predicted molar refractivity (Wildman–Crippen MR) is 65.4 cm³/mol. The topological polar surface area (TPSA) is 103 Å². The normalized spacial score (nSPS) is 10.4. The van der Waals surface area contributed by atoms with Crippen molar-refractivity contribution in [3.8, 4) is 11.4 Å². The molecule has 2 aromatic rings. The number of aromatic nitrogens is 3. The molecule has 0 bridgehead atoms. The molecule has 0 amide bonds. The van der Waals surface area contributed by atoms with Gasteiger partial charge in [0.1, 0.15) is 5.69 Å². The van der Waals surface area contributed by atoms with Crippen LogP contribution in [0.4, 0.5) is 5.69 Å². The maximum Gasteiger partial charge on any atom is 0.273 e. The van der Waals surface area contributed by atoms with Crippen LogP contribution < -0.4 is 4.74 Å². The van der Waals surface area contributed by atoms with Crippen LogP contribution in [0.1, 0.15) is 5.69 Å². The minimum Gasteiger partial charge on any atom is -0.494 e. The SMILES string of the molecule is COc1cc([N+](=O)[O-])ccc1-n1cc(CCO)nn1. The highest BCUT2D eigenvalue weighted by molar-refractivity contribution is 5.52. The molecule has 0 unspecified atom stereocenters. The van der Waals surface area contributed by atoms with Gasteiger partial charge in [-0.1, -0.05) is 5.21 Å². The number of benzene rings is 1. The first-order valence-electron chi connectivity index (χ1n) is 5.50. The summed E-state index contributed by atoms with van der Waals surface area (Å²) in [4.78, 5) is 10.2. The maximum atomic E-state index is 10.7. The molecule has 0 aliphatic carbocycles. The van der Waals surface area contributed by atoms with Gasteiger partial charge in [0.15, 0.2) is 5.75 Å². The van der Waals surface area contributed by atoms with E-state index in [0.717, 1.165) is 0 Å². The number of ether oxygens (including phenoxy) is 1. The van der Waals surface area contributed by atoms with Gasteiger partial charge in [0.05, 0.1) is 30.0 Å². The number of aliphatic hydroxyl groups is 1. The molecule has 1 aromatic heterocycles. The zero-order valence-electron chi connectivity index (χ0n) is 10.2. The lowest BCUT2D eigenvalue weighted by Gasteiger charge is -2.06. The van der Waals surface area contributed by atoms with Crippen LogP contribution in [0.25, 0.3) is 5.69 Å². The average molecular weight is 264 g/mol. The number of nitro groups is 1. The molecule has 19 heavy (non-hydrogen) atoms. The van der Waals surface area contributed by atoms with Crippen LogP contribution in [0, 0.1) is 10.1 Å². The summed E-state index contributed by atoms with van der Waals surface area (Å²) in [5.41, 5.74) is 1.11. The predicted octanol–water partition coefficient (Wildman–Crippen LogP) is 0.719. The lowest BCUT2D eigenvalue weighted by atomic mass is 10.2. The Morgan fingerprint density at radius 3 is 2.95 bits per heavy atom. The molecule has 100 valence electrons. The van der Waals surface area contributed by atoms with Crippen molar-refractivity contribution in [3.05, 3.63) is 40.2 Å². The van der Waals surface area contributed by atoms with Gasteiger partial charge < -0.3 is 9.84 Å². The van der Waals surface area contributed by atoms with Gasteiger partial charge in [0.2, 0.25) is 0 Å². The molecular weight excluding hydrogens is 252 g/mol. The lowest BCUT2D eigenvalue weighted by molar-refractivity contribution is -0.384. The van der Waals surface area contributed by atoms with Crippen molar-refractivity contribution in [1.82, 2.24) is 15.0 Å². The number of rotatable bonds is 5. The Morgan fingerprint density at radius 1 is 1.53 bits per heavy atom. The molecule has 0 saturated carbocycles. The Labute approximate surface area is 108 Å². The lowest BCUT2D eigenvalue weighted by Crippen LogP contribution is -2.00. The number of non-ortho nitro benzene ring substituents is 1. The molecule has 8 heteroatoms. The standard InChI is InChI=1S/C11H12N4O4/c1-19-11-6-9(15(17)18)2-3-10(11)14-7-8(4-5-16)12-13-14/h2-3,6-7,16H,4-5H2,1H3. The van der Waals surface area contributed by atoms with Crippen LogP contribution in [-0.2, 0) is 6.42 Å². The summed E-state index contributed by atoms with van der Waals surface area (Å²) in [7, 11) is 1.42. The number of nitro benzene ring substituents is 1. The van der Waals surface area contributed by atoms with E-state index in [-0.39, 0.29) is 12.3 Å². The highest BCUT2D eigenvalue weighted by Gasteiger charge is 2.13. The fourth-order valence-corrected chi connectivity index (χ4v) is 1.61. The van der Waals surface area contributed by atoms with Gasteiger partial charge in [0, 0.05) is 19.1 Å². The largest absolute Gasteiger partial charge is 0.494 e. The molecule has 0 radical (unpaired) electrons. The third kappa shape index (κ3) is 2.68. The Bertz CT molecular complexity index is 596. The third-order valence-corrected chi connectivity index (χ3v) is 2.53. The molecule has 0 aliphatic rings. The fraction of sp³-hybridized carbons (Fsp3) is 0.273. The van der Waals surface area contributed by atoms with Crippen molar-refractivity contribution >= 4 is 5.69 Å². The molecule has 0 spiro atoms. The molecule has 0 atom stereocenters. The summed E-state index contributed by atoms with van der Waals surface area (Å²) < 4.78 is 6.57. The second-order valence-electron chi connectivity index (χ2n) is 3.74. The highest BCUT2D eigenvalue weighted by Crippen LogP contribution is 2.27. The van der Waals surface area contributed by atoms with E-state index in [1.54, 1.807) is 6.20 Å². The number of hydrogen-bond donors (Lipinski definition) is 1. The van der Waals surface area contributed by atoms with Gasteiger partial charge in [-0.15, -0.1) is 5.10 Å². The second kappa shape index (κ2) is 5.44. The Morgan fingerprint density at radius 2 is 2.32 bits per heavy atom. The van der Waals surface area contributed by atoms with Crippen molar-refractivity contribution in [2.45, 2.75) is 6.42 Å². The number of hydrogen-bond acceptors (Lipinski definition) is 6. The maximum absolute atomic E-state index is 10.7. The zero-order valence-corrected chi connectivity index (χ0v) is 10.2. The highest BCUT2D eigenvalue weighted by atomic mass is 16.6. The smallest absolute Gasteiger partial charge is 0.273 e. The van der Waals surface area contributed by atoms with Gasteiger partial charge in [-0.25, -0.2) is 4.68 Å². The van der Waals surface area contributed by atoms with Crippen LogP contribution in [0.2, 0.25) is 0 Å². The number of nitrogens with zero attached hydrogens (tertiary/aromatic N) is 4. The number of methoxy groups -OCH3 is 1. The van der Waals surface area contributed by atoms with E-state index >= 15 is 0 Å². The van der Waals surface area contributed by atoms with Gasteiger partial charge in [-0.3, -0.25) is 10.1 Å². The van der Waals surface area contributed by atoms with Gasteiger partial charge >= 0.3 is 0 Å². The summed E-state index contributed by atoms with van der Waals surface area (Å²) >= 11 is 0. The van der Waals surface area contributed by atoms with Crippen molar-refractivity contribution in [2.75, 3.05) is 13.7 Å². The minimum atomic E-state index is -0.495. The van der Waals surface area contributed by atoms with Gasteiger partial charge in [0.25, 0.3) is 5.69 Å². The quantitative estimate of drug-likeness (QED) is 0.630. The van der Waals surface area contributed by atoms with Gasteiger partial charge in [-0.05, 0) is 6.07 Å². The third-order valence-electron chi connectivity index (χ3n) is 2.53. The molecule has 2 rings (SSSR count). The first-order valence-corrected chi connectivity index (χ1v) is 5.50. The molecular formula is C11H12N4O4. The van der Waals surface area contributed by atoms with Crippen LogP contribution >= 0.6 is 0 Å². The summed E-state index contributed by atoms with van der Waals surface area (Å²) in [6.45, 7) is -0.0178. The van der Waals surface area contributed by atoms with Crippen LogP contribution in [0.3, 0.4) is 0 Å². The van der Waals surface area contributed by atoms with Crippen molar-refractivity contribution in [1.29, 1.82) is 0 Å². The van der Waals surface area contributed by atoms with E-state index in [1.165, 1.54) is 30.0 Å². The van der Waals surface area contributed by atoms with E-state index in [0.29, 0.717) is 23.6 Å². The van der Waals surface area contributed by atoms with E-state index < -0.39 is 4.92 Å². The molecule has 0 aliphatic heterocycles. The van der Waals surface area contributed by atoms with Crippen LogP contribution in [0.15, 0.2) is 24.4 Å². The molecule has 1 N–H and O–H groups in total. The zero-order chi connectivity index (χ0) is 13.8. The molecule has 8 nitrogen and oxygen atoms in total. The molecule has 0 fully saturated rings. The van der Waals surface area contributed by atoms with E-state index in [9.17, 15) is 10.1 Å². The second-order valence-corrected chi connectivity index (χ2v) is 3.74. The summed E-state index contributed by atoms with van der Waals surface area (Å²) in [5, 5.41) is 27.3. The first kappa shape index (κ1) is 13.0. The monoisotopic (exact) mass is 264 g/mol. The Kier molecular flexibility index (Phi) is 3.71. The molecule has 0 saturated heterocycles. The van der Waals surface area contributed by atoms with E-state index in [2.05, 4.69) is 10.3 Å². The minimum absolute atomic E-state index is 0.0178. The van der Waals surface area contributed by atoms with Crippen molar-refractivity contribution in [3.63, 3.8) is 0 Å². The van der Waals surface area contributed by atoms with Crippen LogP contribution in [0.5, 0.6) is 5.75 Å². The Hall–Kier alpha value is -2.48. The number of aliphatic hydroxyl groups excluding tert-OH is 1. The average Bonchev–Trinajstić information content (AvgIpc) is 2.86. The van der Waals surface area contributed by atoms with E-state index in [1.807, 2.05) is 0 Å². The van der Waals surface area contributed by atoms with Gasteiger partial charge in [-0.2, -0.15) is 0 Å². The first-order chi connectivity index (χ1) is 9.15. The van der Waals surface area contributed by atoms with Crippen molar-refractivity contribution < 1.29 is 14.8 Å². The Balaban J connectivity index is 2.40. The summed E-state index contributed by atoms with van der Waals surface area (Å²) in [5.74, 6) is 0.328. The molecule has 1 aromatic carbocycles. The van der Waals surface area contributed by atoms with E-state index in [4.69, 9.17) is 9.84 Å².